The quantitative estimate of drug-likeness (QED) is 0.480. The Morgan fingerprint density at radius 1 is 0.962 bits per heavy atom. The zero-order chi connectivity index (χ0) is 17.8. The van der Waals surface area contributed by atoms with Crippen LogP contribution in [0.15, 0.2) is 66.9 Å². The number of aromatic nitrogens is 1. The van der Waals surface area contributed by atoms with Crippen molar-refractivity contribution in [3.05, 3.63) is 66.9 Å². The Hall–Kier alpha value is -3.08. The molecule has 1 aromatic heterocycles. The summed E-state index contributed by atoms with van der Waals surface area (Å²) >= 11 is 0. The second-order valence-electron chi connectivity index (χ2n) is 6.22. The van der Waals surface area contributed by atoms with Crippen LogP contribution in [0.4, 0.5) is 0 Å². The number of carbonyl (C=O) groups is 1. The van der Waals surface area contributed by atoms with E-state index in [9.17, 15) is 4.79 Å². The van der Waals surface area contributed by atoms with Crippen LogP contribution in [-0.2, 0) is 9.53 Å². The van der Waals surface area contributed by atoms with Crippen LogP contribution in [0.3, 0.4) is 0 Å². The van der Waals surface area contributed by atoms with E-state index in [-0.39, 0.29) is 19.2 Å². The Labute approximate surface area is 151 Å². The van der Waals surface area contributed by atoms with Crippen LogP contribution in [0.25, 0.3) is 10.9 Å². The summed E-state index contributed by atoms with van der Waals surface area (Å²) in [5, 5.41) is 0.937. The van der Waals surface area contributed by atoms with Crippen molar-refractivity contribution in [3.8, 4) is 11.5 Å². The van der Waals surface area contributed by atoms with Gasteiger partial charge in [0.05, 0.1) is 5.52 Å². The number of para-hydroxylation sites is 2. The number of carbonyl (C=O) groups excluding carboxylic acids is 1. The van der Waals surface area contributed by atoms with Crippen LogP contribution in [0.2, 0.25) is 0 Å². The molecular weight excluding hydrogens is 330 g/mol. The molecule has 5 heteroatoms. The molecule has 3 aromatic rings. The van der Waals surface area contributed by atoms with Crippen molar-refractivity contribution in [2.24, 2.45) is 0 Å². The topological polar surface area (TPSA) is 57.7 Å². The molecule has 0 atom stereocenters. The molecule has 0 amide bonds. The fourth-order valence-corrected chi connectivity index (χ4v) is 2.79. The number of fused-ring (bicyclic) bond motifs is 1. The lowest BCUT2D eigenvalue weighted by molar-refractivity contribution is -0.154. The predicted molar refractivity (Wildman–Crippen MR) is 97.2 cm³/mol. The Morgan fingerprint density at radius 2 is 1.73 bits per heavy atom. The largest absolute Gasteiger partial charge is 0.489 e. The normalized spacial score (nSPS) is 14.6. The first-order chi connectivity index (χ1) is 12.8. The molecule has 1 saturated carbocycles. The lowest BCUT2D eigenvalue weighted by Gasteiger charge is -2.17. The van der Waals surface area contributed by atoms with Crippen LogP contribution in [0.1, 0.15) is 12.8 Å². The molecule has 1 aliphatic rings. The average Bonchev–Trinajstić information content (AvgIpc) is 3.46. The van der Waals surface area contributed by atoms with E-state index in [1.165, 1.54) is 0 Å². The first kappa shape index (κ1) is 16.4. The van der Waals surface area contributed by atoms with Crippen molar-refractivity contribution >= 4 is 16.9 Å². The standard InChI is InChI=1S/C21H19NO4/c23-20(21(11-12-21)26-16-6-2-1-3-7-16)25-15-14-24-19-10-13-22-18-9-5-4-8-17(18)19/h1-10,13H,11-12,14-15H2. The summed E-state index contributed by atoms with van der Waals surface area (Å²) < 4.78 is 17.0. The Balaban J connectivity index is 1.30. The summed E-state index contributed by atoms with van der Waals surface area (Å²) in [5.74, 6) is 1.08. The van der Waals surface area contributed by atoms with Gasteiger partial charge in [0.2, 0.25) is 5.60 Å². The summed E-state index contributed by atoms with van der Waals surface area (Å²) in [7, 11) is 0. The molecule has 0 N–H and O–H groups in total. The van der Waals surface area contributed by atoms with Gasteiger partial charge >= 0.3 is 5.97 Å². The minimum absolute atomic E-state index is 0.176. The predicted octanol–water partition coefficient (Wildman–Crippen LogP) is 3.77. The van der Waals surface area contributed by atoms with Gasteiger partial charge < -0.3 is 14.2 Å². The molecule has 1 aliphatic carbocycles. The minimum Gasteiger partial charge on any atom is -0.489 e. The van der Waals surface area contributed by atoms with Crippen molar-refractivity contribution < 1.29 is 19.0 Å². The van der Waals surface area contributed by atoms with Crippen molar-refractivity contribution in [2.75, 3.05) is 13.2 Å². The Bertz CT molecular complexity index is 901. The van der Waals surface area contributed by atoms with E-state index in [2.05, 4.69) is 4.98 Å². The van der Waals surface area contributed by atoms with Crippen LogP contribution in [0, 0.1) is 0 Å². The summed E-state index contributed by atoms with van der Waals surface area (Å²) in [6.07, 6.45) is 3.06. The van der Waals surface area contributed by atoms with E-state index in [0.29, 0.717) is 18.6 Å². The van der Waals surface area contributed by atoms with E-state index >= 15 is 0 Å². The Kier molecular flexibility index (Phi) is 4.44. The fraction of sp³-hybridized carbons (Fsp3) is 0.238. The molecule has 0 radical (unpaired) electrons. The Morgan fingerprint density at radius 3 is 2.54 bits per heavy atom. The third kappa shape index (κ3) is 3.47. The third-order valence-electron chi connectivity index (χ3n) is 4.32. The maximum absolute atomic E-state index is 12.3. The summed E-state index contributed by atoms with van der Waals surface area (Å²) in [4.78, 5) is 16.6. The van der Waals surface area contributed by atoms with Gasteiger partial charge in [-0.2, -0.15) is 0 Å². The lowest BCUT2D eigenvalue weighted by Crippen LogP contribution is -2.32. The van der Waals surface area contributed by atoms with Crippen molar-refractivity contribution in [1.29, 1.82) is 0 Å². The molecule has 1 fully saturated rings. The first-order valence-electron chi connectivity index (χ1n) is 8.65. The van der Waals surface area contributed by atoms with Crippen molar-refractivity contribution in [3.63, 3.8) is 0 Å². The lowest BCUT2D eigenvalue weighted by atomic mass is 10.2. The van der Waals surface area contributed by atoms with Crippen LogP contribution in [0.5, 0.6) is 11.5 Å². The molecule has 2 aromatic carbocycles. The van der Waals surface area contributed by atoms with E-state index < -0.39 is 5.60 Å². The molecule has 0 aliphatic heterocycles. The van der Waals surface area contributed by atoms with E-state index in [1.807, 2.05) is 60.7 Å². The van der Waals surface area contributed by atoms with Crippen LogP contribution in [-0.4, -0.2) is 29.8 Å². The van der Waals surface area contributed by atoms with E-state index in [1.54, 1.807) is 6.20 Å². The van der Waals surface area contributed by atoms with Crippen molar-refractivity contribution in [1.82, 2.24) is 4.98 Å². The second-order valence-corrected chi connectivity index (χ2v) is 6.22. The van der Waals surface area contributed by atoms with Gasteiger partial charge in [0.25, 0.3) is 0 Å². The van der Waals surface area contributed by atoms with Gasteiger partial charge in [-0.15, -0.1) is 0 Å². The van der Waals surface area contributed by atoms with Gasteiger partial charge in [-0.1, -0.05) is 30.3 Å². The smallest absolute Gasteiger partial charge is 0.350 e. The maximum atomic E-state index is 12.3. The minimum atomic E-state index is -0.829. The van der Waals surface area contributed by atoms with Gasteiger partial charge in [-0.3, -0.25) is 4.98 Å². The fourth-order valence-electron chi connectivity index (χ4n) is 2.79. The van der Waals surface area contributed by atoms with Crippen molar-refractivity contribution in [2.45, 2.75) is 18.4 Å². The molecule has 4 rings (SSSR count). The monoisotopic (exact) mass is 349 g/mol. The molecule has 0 unspecified atom stereocenters. The van der Waals surface area contributed by atoms with Gasteiger partial charge in [0, 0.05) is 24.4 Å². The zero-order valence-corrected chi connectivity index (χ0v) is 14.3. The SMILES string of the molecule is O=C(OCCOc1ccnc2ccccc12)C1(Oc2ccccc2)CC1. The zero-order valence-electron chi connectivity index (χ0n) is 14.3. The first-order valence-corrected chi connectivity index (χ1v) is 8.65. The molecule has 26 heavy (non-hydrogen) atoms. The molecule has 0 saturated heterocycles. The molecule has 132 valence electrons. The highest BCUT2D eigenvalue weighted by molar-refractivity contribution is 5.84. The number of pyridine rings is 1. The highest BCUT2D eigenvalue weighted by atomic mass is 16.6. The average molecular weight is 349 g/mol. The number of nitrogens with zero attached hydrogens (tertiary/aromatic N) is 1. The molecular formula is C21H19NO4. The number of esters is 1. The molecule has 1 heterocycles. The molecule has 0 spiro atoms. The molecule has 0 bridgehead atoms. The van der Waals surface area contributed by atoms with Gasteiger partial charge in [0.15, 0.2) is 0 Å². The summed E-state index contributed by atoms with van der Waals surface area (Å²) in [6.45, 7) is 0.455. The highest BCUT2D eigenvalue weighted by Crippen LogP contribution is 2.41. The number of rotatable bonds is 7. The van der Waals surface area contributed by atoms with E-state index in [4.69, 9.17) is 14.2 Å². The van der Waals surface area contributed by atoms with Crippen LogP contribution < -0.4 is 9.47 Å². The maximum Gasteiger partial charge on any atom is 0.350 e. The summed E-state index contributed by atoms with van der Waals surface area (Å²) in [6, 6.07) is 18.9. The number of hydrogen-bond donors (Lipinski definition) is 0. The second kappa shape index (κ2) is 7.04. The van der Waals surface area contributed by atoms with Gasteiger partial charge in [-0.25, -0.2) is 4.79 Å². The van der Waals surface area contributed by atoms with Gasteiger partial charge in [-0.05, 0) is 30.3 Å². The highest BCUT2D eigenvalue weighted by Gasteiger charge is 2.54. The van der Waals surface area contributed by atoms with Gasteiger partial charge in [0.1, 0.15) is 24.7 Å². The number of ether oxygens (including phenoxy) is 3. The summed E-state index contributed by atoms with van der Waals surface area (Å²) in [5.41, 5.74) is 0.0419. The molecule has 5 nitrogen and oxygen atoms in total. The van der Waals surface area contributed by atoms with E-state index in [0.717, 1.165) is 16.7 Å². The third-order valence-corrected chi connectivity index (χ3v) is 4.32. The number of benzene rings is 2. The van der Waals surface area contributed by atoms with Crippen LogP contribution >= 0.6 is 0 Å². The number of hydrogen-bond acceptors (Lipinski definition) is 5.